The second-order valence-corrected chi connectivity index (χ2v) is 5.39. The third-order valence-electron chi connectivity index (χ3n) is 3.62. The molecule has 1 fully saturated rings. The second-order valence-electron chi connectivity index (χ2n) is 5.39. The lowest BCUT2D eigenvalue weighted by atomic mass is 10.0. The number of rotatable bonds is 10. The van der Waals surface area contributed by atoms with E-state index in [-0.39, 0.29) is 12.7 Å². The molecule has 0 aromatic carbocycles. The van der Waals surface area contributed by atoms with Crippen LogP contribution in [0, 0.1) is 5.92 Å². The van der Waals surface area contributed by atoms with E-state index in [4.69, 9.17) is 9.84 Å². The molecule has 5 nitrogen and oxygen atoms in total. The van der Waals surface area contributed by atoms with E-state index in [0.717, 1.165) is 58.7 Å². The first-order valence-corrected chi connectivity index (χ1v) is 7.56. The molecule has 0 amide bonds. The lowest BCUT2D eigenvalue weighted by Crippen LogP contribution is -2.44. The zero-order chi connectivity index (χ0) is 13.9. The summed E-state index contributed by atoms with van der Waals surface area (Å²) in [7, 11) is 0. The van der Waals surface area contributed by atoms with Crippen LogP contribution in [0.3, 0.4) is 0 Å². The largest absolute Gasteiger partial charge is 0.396 e. The fourth-order valence-electron chi connectivity index (χ4n) is 2.54. The quantitative estimate of drug-likeness (QED) is 0.526. The van der Waals surface area contributed by atoms with Gasteiger partial charge in [-0.25, -0.2) is 0 Å². The van der Waals surface area contributed by atoms with Gasteiger partial charge >= 0.3 is 0 Å². The molecule has 5 heteroatoms. The van der Waals surface area contributed by atoms with Crippen LogP contribution in [0.2, 0.25) is 0 Å². The Bertz CT molecular complexity index is 205. The maximum Gasteiger partial charge on any atom is 0.0791 e. The van der Waals surface area contributed by atoms with Gasteiger partial charge < -0.3 is 20.3 Å². The van der Waals surface area contributed by atoms with Crippen molar-refractivity contribution >= 4 is 0 Å². The number of nitrogens with one attached hydrogen (secondary N) is 1. The number of morpholine rings is 1. The fourth-order valence-corrected chi connectivity index (χ4v) is 2.54. The Balaban J connectivity index is 2.09. The van der Waals surface area contributed by atoms with Crippen molar-refractivity contribution in [2.75, 3.05) is 52.5 Å². The molecule has 0 aliphatic carbocycles. The number of aliphatic hydroxyl groups excluding tert-OH is 2. The van der Waals surface area contributed by atoms with Gasteiger partial charge in [0.25, 0.3) is 0 Å². The minimum atomic E-state index is -0.325. The van der Waals surface area contributed by atoms with Gasteiger partial charge in [-0.2, -0.15) is 0 Å². The van der Waals surface area contributed by atoms with Crippen molar-refractivity contribution in [1.82, 2.24) is 10.2 Å². The molecule has 0 bridgehead atoms. The van der Waals surface area contributed by atoms with Crippen LogP contribution in [-0.2, 0) is 4.74 Å². The molecule has 0 aromatic rings. The maximum atomic E-state index is 9.98. The minimum Gasteiger partial charge on any atom is -0.396 e. The van der Waals surface area contributed by atoms with Crippen LogP contribution in [0.4, 0.5) is 0 Å². The molecule has 114 valence electrons. The van der Waals surface area contributed by atoms with Gasteiger partial charge in [-0.1, -0.05) is 13.3 Å². The Labute approximate surface area is 116 Å². The first-order chi connectivity index (χ1) is 9.26. The summed E-state index contributed by atoms with van der Waals surface area (Å²) >= 11 is 0. The number of ether oxygens (including phenoxy) is 1. The first-order valence-electron chi connectivity index (χ1n) is 7.56. The summed E-state index contributed by atoms with van der Waals surface area (Å²) < 4.78 is 5.29. The van der Waals surface area contributed by atoms with Crippen molar-refractivity contribution < 1.29 is 14.9 Å². The third kappa shape index (κ3) is 7.84. The maximum absolute atomic E-state index is 9.98. The number of hydrogen-bond acceptors (Lipinski definition) is 5. The highest BCUT2D eigenvalue weighted by atomic mass is 16.5. The van der Waals surface area contributed by atoms with E-state index in [2.05, 4.69) is 17.1 Å². The molecule has 0 spiro atoms. The monoisotopic (exact) mass is 274 g/mol. The highest BCUT2D eigenvalue weighted by Crippen LogP contribution is 2.09. The van der Waals surface area contributed by atoms with Crippen LogP contribution < -0.4 is 5.32 Å². The van der Waals surface area contributed by atoms with Gasteiger partial charge in [-0.15, -0.1) is 0 Å². The van der Waals surface area contributed by atoms with E-state index in [1.54, 1.807) is 0 Å². The predicted octanol–water partition coefficient (Wildman–Crippen LogP) is 0.0678. The lowest BCUT2D eigenvalue weighted by Gasteiger charge is -2.28. The van der Waals surface area contributed by atoms with Gasteiger partial charge in [0.2, 0.25) is 0 Å². The number of hydrogen-bond donors (Lipinski definition) is 3. The van der Waals surface area contributed by atoms with Crippen molar-refractivity contribution in [3.05, 3.63) is 0 Å². The summed E-state index contributed by atoms with van der Waals surface area (Å²) in [5.74, 6) is 0.519. The van der Waals surface area contributed by atoms with E-state index >= 15 is 0 Å². The Hall–Kier alpha value is -0.200. The molecular formula is C14H30N2O3. The van der Waals surface area contributed by atoms with Crippen LogP contribution in [0.15, 0.2) is 0 Å². The smallest absolute Gasteiger partial charge is 0.0791 e. The standard InChI is InChI=1S/C14H30N2O3/c1-2-3-13(4-7-17)10-15-11-14(18)12-16-5-8-19-9-6-16/h13-15,17-18H,2-12H2,1H3. The number of β-amino-alcohol motifs (C(OH)–C–C–N with tert-alkyl or cyclic N) is 1. The Morgan fingerprint density at radius 3 is 2.58 bits per heavy atom. The third-order valence-corrected chi connectivity index (χ3v) is 3.62. The van der Waals surface area contributed by atoms with Crippen LogP contribution in [0.1, 0.15) is 26.2 Å². The van der Waals surface area contributed by atoms with Gasteiger partial charge in [0, 0.05) is 32.8 Å². The van der Waals surface area contributed by atoms with Gasteiger partial charge in [-0.3, -0.25) is 4.90 Å². The second kappa shape index (κ2) is 10.6. The van der Waals surface area contributed by atoms with Crippen molar-refractivity contribution in [2.45, 2.75) is 32.3 Å². The molecule has 1 aliphatic rings. The summed E-state index contributed by atoms with van der Waals surface area (Å²) in [5.41, 5.74) is 0. The normalized spacial score (nSPS) is 20.4. The molecule has 1 aliphatic heterocycles. The Kier molecular flexibility index (Phi) is 9.38. The van der Waals surface area contributed by atoms with Crippen LogP contribution in [-0.4, -0.2) is 73.8 Å². The highest BCUT2D eigenvalue weighted by molar-refractivity contribution is 4.70. The predicted molar refractivity (Wildman–Crippen MR) is 76.2 cm³/mol. The van der Waals surface area contributed by atoms with Crippen molar-refractivity contribution in [3.63, 3.8) is 0 Å². The fraction of sp³-hybridized carbons (Fsp3) is 1.00. The number of aliphatic hydroxyl groups is 2. The number of nitrogens with zero attached hydrogens (tertiary/aromatic N) is 1. The molecular weight excluding hydrogens is 244 g/mol. The summed E-state index contributed by atoms with van der Waals surface area (Å²) in [4.78, 5) is 2.24. The molecule has 0 aromatic heterocycles. The highest BCUT2D eigenvalue weighted by Gasteiger charge is 2.15. The first kappa shape index (κ1) is 16.9. The van der Waals surface area contributed by atoms with Crippen molar-refractivity contribution in [3.8, 4) is 0 Å². The summed E-state index contributed by atoms with van der Waals surface area (Å²) in [6, 6.07) is 0. The molecule has 3 N–H and O–H groups in total. The molecule has 0 radical (unpaired) electrons. The molecule has 1 heterocycles. The van der Waals surface area contributed by atoms with Crippen LogP contribution in [0.5, 0.6) is 0 Å². The Morgan fingerprint density at radius 2 is 1.95 bits per heavy atom. The molecule has 2 unspecified atom stereocenters. The minimum absolute atomic E-state index is 0.253. The van der Waals surface area contributed by atoms with E-state index in [1.165, 1.54) is 0 Å². The van der Waals surface area contributed by atoms with Gasteiger partial charge in [0.15, 0.2) is 0 Å². The van der Waals surface area contributed by atoms with Crippen molar-refractivity contribution in [1.29, 1.82) is 0 Å². The molecule has 1 rings (SSSR count). The molecule has 1 saturated heterocycles. The lowest BCUT2D eigenvalue weighted by molar-refractivity contribution is 0.0148. The Morgan fingerprint density at radius 1 is 1.21 bits per heavy atom. The van der Waals surface area contributed by atoms with Crippen molar-refractivity contribution in [2.24, 2.45) is 5.92 Å². The van der Waals surface area contributed by atoms with E-state index in [9.17, 15) is 5.11 Å². The molecule has 2 atom stereocenters. The van der Waals surface area contributed by atoms with Gasteiger partial charge in [-0.05, 0) is 25.3 Å². The van der Waals surface area contributed by atoms with Gasteiger partial charge in [0.1, 0.15) is 0 Å². The van der Waals surface area contributed by atoms with Gasteiger partial charge in [0.05, 0.1) is 19.3 Å². The van der Waals surface area contributed by atoms with E-state index in [1.807, 2.05) is 0 Å². The summed E-state index contributed by atoms with van der Waals surface area (Å²) in [6.45, 7) is 8.03. The summed E-state index contributed by atoms with van der Waals surface area (Å²) in [6.07, 6.45) is 2.80. The van der Waals surface area contributed by atoms with E-state index < -0.39 is 0 Å². The average molecular weight is 274 g/mol. The molecule has 0 saturated carbocycles. The zero-order valence-corrected chi connectivity index (χ0v) is 12.2. The van der Waals surface area contributed by atoms with E-state index in [0.29, 0.717) is 12.5 Å². The topological polar surface area (TPSA) is 65.0 Å². The molecule has 19 heavy (non-hydrogen) atoms. The summed E-state index contributed by atoms with van der Waals surface area (Å²) in [5, 5.41) is 22.3. The average Bonchev–Trinajstić information content (AvgIpc) is 2.40. The van der Waals surface area contributed by atoms with Crippen LogP contribution >= 0.6 is 0 Å². The SMILES string of the molecule is CCCC(CCO)CNCC(O)CN1CCOCC1. The zero-order valence-electron chi connectivity index (χ0n) is 12.2. The van der Waals surface area contributed by atoms with Crippen LogP contribution in [0.25, 0.3) is 0 Å².